The van der Waals surface area contributed by atoms with Gasteiger partial charge in [0.25, 0.3) is 5.91 Å². The number of ether oxygens (including phenoxy) is 1. The predicted octanol–water partition coefficient (Wildman–Crippen LogP) is 9.12. The second kappa shape index (κ2) is 12.3. The van der Waals surface area contributed by atoms with Gasteiger partial charge in [-0.15, -0.1) is 0 Å². The minimum absolute atomic E-state index is 0.120. The Hall–Kier alpha value is -2.57. The number of amidine groups is 1. The molecular weight excluding hydrogens is 568 g/mol. The second-order valence-corrected chi connectivity index (χ2v) is 12.8. The van der Waals surface area contributed by atoms with Crippen LogP contribution in [0.15, 0.2) is 75.0 Å². The van der Waals surface area contributed by atoms with Crippen LogP contribution in [0.2, 0.25) is 0 Å². The van der Waals surface area contributed by atoms with Gasteiger partial charge in [-0.05, 0) is 99.5 Å². The van der Waals surface area contributed by atoms with Crippen molar-refractivity contribution in [1.82, 2.24) is 4.90 Å². The first-order chi connectivity index (χ1) is 19.1. The van der Waals surface area contributed by atoms with Gasteiger partial charge in [0.15, 0.2) is 5.17 Å². The molecule has 39 heavy (non-hydrogen) atoms. The molecule has 3 aliphatic rings. The fraction of sp³-hybridized carbons (Fsp3) is 0.394. The van der Waals surface area contributed by atoms with Crippen LogP contribution in [0.5, 0.6) is 5.75 Å². The summed E-state index contributed by atoms with van der Waals surface area (Å²) in [6.07, 6.45) is 13.9. The standard InChI is InChI=1S/C33H35BrN2O2S/c34-29-20-23(16-18-30(29)38-22-24-15-17-25-9-7-8-10-26(25)19-24)21-31-32(37)36(28-13-5-2-6-14-28)33(39-31)35-27-11-3-1-4-12-27/h7-10,15-21,27-28H,1-6,11-14,22H2. The molecule has 3 aromatic carbocycles. The van der Waals surface area contributed by atoms with Gasteiger partial charge in [0.2, 0.25) is 0 Å². The van der Waals surface area contributed by atoms with Gasteiger partial charge in [0.05, 0.1) is 15.4 Å². The van der Waals surface area contributed by atoms with E-state index in [1.54, 1.807) is 11.8 Å². The summed E-state index contributed by atoms with van der Waals surface area (Å²) >= 11 is 5.27. The van der Waals surface area contributed by atoms with Crippen molar-refractivity contribution in [1.29, 1.82) is 0 Å². The normalized spacial score (nSPS) is 21.4. The summed E-state index contributed by atoms with van der Waals surface area (Å²) in [5.41, 5.74) is 2.12. The van der Waals surface area contributed by atoms with Crippen molar-refractivity contribution < 1.29 is 9.53 Å². The quantitative estimate of drug-likeness (QED) is 0.264. The van der Waals surface area contributed by atoms with Crippen LogP contribution < -0.4 is 4.74 Å². The minimum Gasteiger partial charge on any atom is -0.488 e. The summed E-state index contributed by atoms with van der Waals surface area (Å²) < 4.78 is 7.03. The summed E-state index contributed by atoms with van der Waals surface area (Å²) in [5.74, 6) is 0.910. The maximum Gasteiger partial charge on any atom is 0.266 e. The summed E-state index contributed by atoms with van der Waals surface area (Å²) in [6.45, 7) is 0.496. The molecule has 0 atom stereocenters. The fourth-order valence-corrected chi connectivity index (χ4v) is 7.59. The van der Waals surface area contributed by atoms with E-state index < -0.39 is 0 Å². The zero-order valence-corrected chi connectivity index (χ0v) is 24.7. The molecule has 2 aliphatic carbocycles. The van der Waals surface area contributed by atoms with Crippen molar-refractivity contribution in [3.8, 4) is 5.75 Å². The number of aliphatic imine (C=N–C) groups is 1. The van der Waals surface area contributed by atoms with Crippen molar-refractivity contribution in [3.05, 3.63) is 81.2 Å². The number of fused-ring (bicyclic) bond motifs is 1. The zero-order chi connectivity index (χ0) is 26.6. The third-order valence-electron chi connectivity index (χ3n) is 8.11. The van der Waals surface area contributed by atoms with Gasteiger partial charge in [0.1, 0.15) is 12.4 Å². The SMILES string of the molecule is O=C1C(=Cc2ccc(OCc3ccc4ccccc4c3)c(Br)c2)SC(=NC2CCCCC2)N1C1CCCCC1. The van der Waals surface area contributed by atoms with E-state index in [0.29, 0.717) is 12.6 Å². The lowest BCUT2D eigenvalue weighted by Gasteiger charge is -2.31. The topological polar surface area (TPSA) is 41.9 Å². The molecule has 1 saturated heterocycles. The van der Waals surface area contributed by atoms with Crippen molar-refractivity contribution >= 4 is 55.6 Å². The van der Waals surface area contributed by atoms with Crippen molar-refractivity contribution in [3.63, 3.8) is 0 Å². The number of carbonyl (C=O) groups excluding carboxylic acids is 1. The molecule has 0 bridgehead atoms. The van der Waals surface area contributed by atoms with Crippen LogP contribution in [0.25, 0.3) is 16.8 Å². The molecule has 4 nitrogen and oxygen atoms in total. The third-order valence-corrected chi connectivity index (χ3v) is 9.72. The minimum atomic E-state index is 0.120. The van der Waals surface area contributed by atoms with Gasteiger partial charge < -0.3 is 4.74 Å². The monoisotopic (exact) mass is 602 g/mol. The molecule has 1 heterocycles. The van der Waals surface area contributed by atoms with Gasteiger partial charge >= 0.3 is 0 Å². The first-order valence-electron chi connectivity index (χ1n) is 14.3. The molecule has 0 N–H and O–H groups in total. The summed E-state index contributed by atoms with van der Waals surface area (Å²) in [6, 6.07) is 21.5. The number of nitrogens with zero attached hydrogens (tertiary/aromatic N) is 2. The van der Waals surface area contributed by atoms with E-state index in [1.165, 1.54) is 49.3 Å². The molecule has 1 amide bonds. The molecule has 0 aromatic heterocycles. The van der Waals surface area contributed by atoms with Crippen molar-refractivity contribution in [2.45, 2.75) is 82.9 Å². The highest BCUT2D eigenvalue weighted by molar-refractivity contribution is 9.10. The molecule has 2 saturated carbocycles. The Morgan fingerprint density at radius 3 is 2.41 bits per heavy atom. The third kappa shape index (κ3) is 6.28. The Labute approximate surface area is 244 Å². The highest BCUT2D eigenvalue weighted by atomic mass is 79.9. The van der Waals surface area contributed by atoms with Crippen LogP contribution in [0.4, 0.5) is 0 Å². The van der Waals surface area contributed by atoms with Gasteiger partial charge in [-0.1, -0.05) is 81.0 Å². The molecular formula is C33H35BrN2O2S. The number of rotatable bonds is 6. The number of hydrogen-bond donors (Lipinski definition) is 0. The first kappa shape index (κ1) is 26.6. The molecule has 1 aliphatic heterocycles. The van der Waals surface area contributed by atoms with Crippen LogP contribution in [0.1, 0.15) is 75.3 Å². The van der Waals surface area contributed by atoms with Crippen LogP contribution in [0, 0.1) is 0 Å². The molecule has 3 fully saturated rings. The highest BCUT2D eigenvalue weighted by Gasteiger charge is 2.39. The maximum absolute atomic E-state index is 13.7. The molecule has 6 rings (SSSR count). The summed E-state index contributed by atoms with van der Waals surface area (Å²) in [5, 5.41) is 3.37. The van der Waals surface area contributed by atoms with Crippen molar-refractivity contribution in [2.24, 2.45) is 4.99 Å². The largest absolute Gasteiger partial charge is 0.488 e. The van der Waals surface area contributed by atoms with E-state index >= 15 is 0 Å². The summed E-state index contributed by atoms with van der Waals surface area (Å²) in [7, 11) is 0. The summed E-state index contributed by atoms with van der Waals surface area (Å²) in [4.78, 5) is 21.6. The van der Waals surface area contributed by atoms with Crippen LogP contribution >= 0.6 is 27.7 Å². The number of thioether (sulfide) groups is 1. The first-order valence-corrected chi connectivity index (χ1v) is 16.0. The van der Waals surface area contributed by atoms with Gasteiger partial charge in [-0.3, -0.25) is 14.7 Å². The molecule has 0 unspecified atom stereocenters. The van der Waals surface area contributed by atoms with E-state index in [-0.39, 0.29) is 11.9 Å². The van der Waals surface area contributed by atoms with Crippen LogP contribution in [0.3, 0.4) is 0 Å². The zero-order valence-electron chi connectivity index (χ0n) is 22.3. The average molecular weight is 604 g/mol. The van der Waals surface area contributed by atoms with Crippen molar-refractivity contribution in [2.75, 3.05) is 0 Å². The highest BCUT2D eigenvalue weighted by Crippen LogP contribution is 2.39. The molecule has 0 spiro atoms. The van der Waals surface area contributed by atoms with E-state index in [2.05, 4.69) is 58.4 Å². The Balaban J connectivity index is 1.19. The lowest BCUT2D eigenvalue weighted by molar-refractivity contribution is -0.124. The van der Waals surface area contributed by atoms with E-state index in [9.17, 15) is 4.79 Å². The molecule has 0 radical (unpaired) electrons. The number of hydrogen-bond acceptors (Lipinski definition) is 4. The Morgan fingerprint density at radius 1 is 0.897 bits per heavy atom. The molecule has 6 heteroatoms. The second-order valence-electron chi connectivity index (χ2n) is 10.9. The van der Waals surface area contributed by atoms with Gasteiger partial charge in [-0.25, -0.2) is 0 Å². The number of benzene rings is 3. The Bertz CT molecular complexity index is 1410. The smallest absolute Gasteiger partial charge is 0.266 e. The average Bonchev–Trinajstić information content (AvgIpc) is 3.27. The van der Waals surface area contributed by atoms with E-state index in [1.807, 2.05) is 29.2 Å². The maximum atomic E-state index is 13.7. The predicted molar refractivity (Wildman–Crippen MR) is 166 cm³/mol. The number of halogens is 1. The number of amides is 1. The molecule has 3 aromatic rings. The van der Waals surface area contributed by atoms with Gasteiger partial charge in [0, 0.05) is 6.04 Å². The van der Waals surface area contributed by atoms with E-state index in [4.69, 9.17) is 9.73 Å². The van der Waals surface area contributed by atoms with E-state index in [0.717, 1.165) is 57.1 Å². The number of carbonyl (C=O) groups is 1. The van der Waals surface area contributed by atoms with Crippen LogP contribution in [-0.4, -0.2) is 28.1 Å². The fourth-order valence-electron chi connectivity index (χ4n) is 5.97. The van der Waals surface area contributed by atoms with Gasteiger partial charge in [-0.2, -0.15) is 0 Å². The lowest BCUT2D eigenvalue weighted by Crippen LogP contribution is -2.41. The Morgan fingerprint density at radius 2 is 1.64 bits per heavy atom. The van der Waals surface area contributed by atoms with Crippen LogP contribution in [-0.2, 0) is 11.4 Å². The Kier molecular flexibility index (Phi) is 8.40. The molecule has 202 valence electrons. The lowest BCUT2D eigenvalue weighted by atomic mass is 9.94.